The van der Waals surface area contributed by atoms with Crippen LogP contribution in [0.15, 0.2) is 0 Å². The molecule has 0 aromatic heterocycles. The van der Waals surface area contributed by atoms with Gasteiger partial charge in [0, 0.05) is 11.1 Å². The maximum Gasteiger partial charge on any atom is 0.309 e. The minimum Gasteiger partial charge on any atom is -0.465 e. The highest BCUT2D eigenvalue weighted by Crippen LogP contribution is 2.40. The van der Waals surface area contributed by atoms with Gasteiger partial charge in [-0.15, -0.1) is 0 Å². The summed E-state index contributed by atoms with van der Waals surface area (Å²) >= 11 is 0. The second kappa shape index (κ2) is 13.8. The van der Waals surface area contributed by atoms with E-state index in [9.17, 15) is 9.59 Å². The van der Waals surface area contributed by atoms with Gasteiger partial charge < -0.3 is 9.47 Å². The van der Waals surface area contributed by atoms with Gasteiger partial charge in [-0.25, -0.2) is 0 Å². The van der Waals surface area contributed by atoms with E-state index in [4.69, 9.17) is 9.47 Å². The number of carbonyl (C=O) groups excluding carboxylic acids is 2. The molecule has 0 saturated carbocycles. The van der Waals surface area contributed by atoms with Gasteiger partial charge in [0.05, 0.1) is 24.5 Å². The topological polar surface area (TPSA) is 55.8 Å². The molecule has 1 fully saturated rings. The highest BCUT2D eigenvalue weighted by atomic mass is 16.5. The van der Waals surface area contributed by atoms with Crippen LogP contribution in [0.25, 0.3) is 0 Å². The van der Waals surface area contributed by atoms with Crippen LogP contribution in [0.2, 0.25) is 0 Å². The molecule has 0 aromatic rings. The van der Waals surface area contributed by atoms with Crippen molar-refractivity contribution >= 4 is 11.9 Å². The van der Waals surface area contributed by atoms with Crippen molar-refractivity contribution in [3.8, 4) is 0 Å². The Morgan fingerprint density at radius 1 is 0.838 bits per heavy atom. The summed E-state index contributed by atoms with van der Waals surface area (Å²) in [6.45, 7) is 24.5. The fourth-order valence-electron chi connectivity index (χ4n) is 5.96. The van der Waals surface area contributed by atoms with Crippen molar-refractivity contribution in [2.24, 2.45) is 22.7 Å². The van der Waals surface area contributed by atoms with Gasteiger partial charge in [-0.05, 0) is 97.4 Å². The van der Waals surface area contributed by atoms with E-state index in [0.717, 1.165) is 64.2 Å². The predicted molar refractivity (Wildman–Crippen MR) is 154 cm³/mol. The summed E-state index contributed by atoms with van der Waals surface area (Å²) in [5.41, 5.74) is 0.202. The van der Waals surface area contributed by atoms with Gasteiger partial charge in [0.1, 0.15) is 0 Å². The molecule has 1 rings (SSSR count). The molecule has 0 radical (unpaired) electrons. The lowest BCUT2D eigenvalue weighted by Gasteiger charge is -2.53. The minimum atomic E-state index is -0.0399. The first-order chi connectivity index (χ1) is 16.7. The molecule has 0 spiro atoms. The largest absolute Gasteiger partial charge is 0.465 e. The molecule has 5 heteroatoms. The SMILES string of the molecule is CC(CCCCCCCOC(=O)C(CC(C)(C)C)CC(C)(C)C)OC(=O)C1CC(C)(C)N(C)C(C)(C)C1. The second-order valence-corrected chi connectivity index (χ2v) is 15.5. The summed E-state index contributed by atoms with van der Waals surface area (Å²) in [5, 5.41) is 0. The molecular formula is C32H61NO4. The molecule has 1 unspecified atom stereocenters. The molecule has 0 aromatic carbocycles. The van der Waals surface area contributed by atoms with E-state index in [1.54, 1.807) is 0 Å². The zero-order chi connectivity index (χ0) is 28.7. The maximum absolute atomic E-state index is 12.9. The summed E-state index contributed by atoms with van der Waals surface area (Å²) in [6, 6.07) is 0. The monoisotopic (exact) mass is 523 g/mol. The van der Waals surface area contributed by atoms with Crippen LogP contribution in [0.3, 0.4) is 0 Å². The summed E-state index contributed by atoms with van der Waals surface area (Å²) in [7, 11) is 2.16. The van der Waals surface area contributed by atoms with Crippen LogP contribution < -0.4 is 0 Å². The Bertz CT molecular complexity index is 679. The maximum atomic E-state index is 12.9. The Labute approximate surface area is 229 Å². The molecule has 1 aliphatic heterocycles. The molecule has 0 N–H and O–H groups in total. The number of piperidine rings is 1. The Hall–Kier alpha value is -1.10. The second-order valence-electron chi connectivity index (χ2n) is 15.5. The molecule has 37 heavy (non-hydrogen) atoms. The van der Waals surface area contributed by atoms with Crippen LogP contribution in [-0.4, -0.2) is 47.7 Å². The average Bonchev–Trinajstić information content (AvgIpc) is 2.70. The first-order valence-corrected chi connectivity index (χ1v) is 14.8. The third kappa shape index (κ3) is 13.0. The number of carbonyl (C=O) groups is 2. The summed E-state index contributed by atoms with van der Waals surface area (Å²) < 4.78 is 11.5. The summed E-state index contributed by atoms with van der Waals surface area (Å²) in [6.07, 6.45) is 9.52. The van der Waals surface area contributed by atoms with Crippen molar-refractivity contribution in [2.45, 2.75) is 158 Å². The fourth-order valence-corrected chi connectivity index (χ4v) is 5.96. The average molecular weight is 524 g/mol. The van der Waals surface area contributed by atoms with Gasteiger partial charge in [-0.1, -0.05) is 60.8 Å². The van der Waals surface area contributed by atoms with Crippen LogP contribution in [-0.2, 0) is 19.1 Å². The van der Waals surface area contributed by atoms with Gasteiger partial charge in [0.2, 0.25) is 0 Å². The molecule has 1 saturated heterocycles. The van der Waals surface area contributed by atoms with Crippen LogP contribution in [0, 0.1) is 22.7 Å². The highest BCUT2D eigenvalue weighted by molar-refractivity contribution is 5.73. The smallest absolute Gasteiger partial charge is 0.309 e. The van der Waals surface area contributed by atoms with Crippen molar-refractivity contribution < 1.29 is 19.1 Å². The van der Waals surface area contributed by atoms with E-state index in [0.29, 0.717) is 6.61 Å². The lowest BCUT2D eigenvalue weighted by molar-refractivity contribution is -0.160. The molecule has 1 atom stereocenters. The van der Waals surface area contributed by atoms with E-state index in [1.807, 2.05) is 6.92 Å². The molecule has 5 nitrogen and oxygen atoms in total. The standard InChI is InChI=1S/C32H61NO4/c1-24(37-28(35)26-22-31(8,9)33(12)32(10,11)23-26)18-16-14-13-15-17-19-36-27(34)25(20-29(2,3)4)21-30(5,6)7/h24-26H,13-23H2,1-12H3. The lowest BCUT2D eigenvalue weighted by atomic mass is 9.74. The van der Waals surface area contributed by atoms with Crippen LogP contribution in [0.1, 0.15) is 140 Å². The quantitative estimate of drug-likeness (QED) is 0.180. The lowest BCUT2D eigenvalue weighted by Crippen LogP contribution is -2.59. The van der Waals surface area contributed by atoms with E-state index < -0.39 is 0 Å². The van der Waals surface area contributed by atoms with E-state index >= 15 is 0 Å². The summed E-state index contributed by atoms with van der Waals surface area (Å²) in [4.78, 5) is 28.0. The fraction of sp³-hybridized carbons (Fsp3) is 0.938. The molecule has 1 heterocycles. The first-order valence-electron chi connectivity index (χ1n) is 14.8. The third-order valence-corrected chi connectivity index (χ3v) is 8.01. The molecular weight excluding hydrogens is 462 g/mol. The molecule has 0 aliphatic carbocycles. The van der Waals surface area contributed by atoms with Gasteiger partial charge >= 0.3 is 11.9 Å². The molecule has 1 aliphatic rings. The highest BCUT2D eigenvalue weighted by Gasteiger charge is 2.46. The number of hydrogen-bond acceptors (Lipinski definition) is 5. The van der Waals surface area contributed by atoms with Crippen LogP contribution in [0.5, 0.6) is 0 Å². The van der Waals surface area contributed by atoms with Gasteiger partial charge in [-0.3, -0.25) is 14.5 Å². The number of likely N-dealkylation sites (tertiary alicyclic amines) is 1. The van der Waals surface area contributed by atoms with E-state index in [2.05, 4.69) is 81.2 Å². The van der Waals surface area contributed by atoms with E-state index in [1.165, 1.54) is 0 Å². The number of nitrogens with zero attached hydrogens (tertiary/aromatic N) is 1. The molecule has 0 amide bonds. The van der Waals surface area contributed by atoms with Gasteiger partial charge in [-0.2, -0.15) is 0 Å². The number of hydrogen-bond donors (Lipinski definition) is 0. The molecule has 218 valence electrons. The van der Waals surface area contributed by atoms with Crippen LogP contribution >= 0.6 is 0 Å². The van der Waals surface area contributed by atoms with Crippen LogP contribution in [0.4, 0.5) is 0 Å². The van der Waals surface area contributed by atoms with Crippen molar-refractivity contribution in [1.29, 1.82) is 0 Å². The number of esters is 2. The number of rotatable bonds is 13. The number of unbranched alkanes of at least 4 members (excludes halogenated alkanes) is 4. The molecule has 0 bridgehead atoms. The first kappa shape index (κ1) is 33.9. The summed E-state index contributed by atoms with van der Waals surface area (Å²) in [5.74, 6) is -0.120. The Morgan fingerprint density at radius 3 is 1.78 bits per heavy atom. The van der Waals surface area contributed by atoms with Gasteiger partial charge in [0.15, 0.2) is 0 Å². The zero-order valence-corrected chi connectivity index (χ0v) is 26.6. The van der Waals surface area contributed by atoms with E-state index in [-0.39, 0.29) is 51.8 Å². The number of ether oxygens (including phenoxy) is 2. The Morgan fingerprint density at radius 2 is 1.30 bits per heavy atom. The zero-order valence-electron chi connectivity index (χ0n) is 26.6. The van der Waals surface area contributed by atoms with Crippen molar-refractivity contribution in [2.75, 3.05) is 13.7 Å². The van der Waals surface area contributed by atoms with Crippen molar-refractivity contribution in [3.05, 3.63) is 0 Å². The third-order valence-electron chi connectivity index (χ3n) is 8.01. The minimum absolute atomic E-state index is 0.0108. The van der Waals surface area contributed by atoms with Crippen molar-refractivity contribution in [1.82, 2.24) is 4.90 Å². The normalized spacial score (nSPS) is 19.6. The van der Waals surface area contributed by atoms with Crippen molar-refractivity contribution in [3.63, 3.8) is 0 Å². The van der Waals surface area contributed by atoms with Gasteiger partial charge in [0.25, 0.3) is 0 Å². The predicted octanol–water partition coefficient (Wildman–Crippen LogP) is 8.19. The Balaban J connectivity index is 2.26. The Kier molecular flexibility index (Phi) is 12.7.